The Balaban J connectivity index is 1.90. The van der Waals surface area contributed by atoms with Crippen LogP contribution in [0.3, 0.4) is 0 Å². The normalized spacial score (nSPS) is 10.9. The second-order valence-electron chi connectivity index (χ2n) is 5.34. The van der Waals surface area contributed by atoms with Gasteiger partial charge in [0.15, 0.2) is 17.3 Å². The van der Waals surface area contributed by atoms with E-state index in [0.29, 0.717) is 17.1 Å². The highest BCUT2D eigenvalue weighted by molar-refractivity contribution is 6.14. The van der Waals surface area contributed by atoms with Crippen LogP contribution in [0, 0.1) is 0 Å². The Morgan fingerprint density at radius 2 is 1.62 bits per heavy atom. The van der Waals surface area contributed by atoms with Crippen molar-refractivity contribution in [3.05, 3.63) is 77.9 Å². The van der Waals surface area contributed by atoms with Crippen LogP contribution >= 0.6 is 0 Å². The van der Waals surface area contributed by atoms with Gasteiger partial charge in [-0.05, 0) is 34.5 Å². The molecule has 24 heavy (non-hydrogen) atoms. The molecule has 0 aliphatic heterocycles. The topological polar surface area (TPSA) is 35.5 Å². The Hall–Kier alpha value is -3.07. The average Bonchev–Trinajstić information content (AvgIpc) is 2.65. The molecule has 3 rings (SSSR count). The van der Waals surface area contributed by atoms with E-state index in [2.05, 4.69) is 0 Å². The van der Waals surface area contributed by atoms with Gasteiger partial charge in [-0.3, -0.25) is 4.79 Å². The average molecular weight is 318 g/mol. The van der Waals surface area contributed by atoms with Crippen LogP contribution in [0.1, 0.15) is 15.9 Å². The lowest BCUT2D eigenvalue weighted by Crippen LogP contribution is -1.95. The van der Waals surface area contributed by atoms with Gasteiger partial charge in [0.25, 0.3) is 0 Å². The van der Waals surface area contributed by atoms with Crippen LogP contribution in [0.5, 0.6) is 11.5 Å². The third-order valence-electron chi connectivity index (χ3n) is 3.89. The minimum absolute atomic E-state index is 0.0263. The Morgan fingerprint density at radius 1 is 0.875 bits per heavy atom. The van der Waals surface area contributed by atoms with Crippen molar-refractivity contribution < 1.29 is 14.3 Å². The number of ketones is 1. The third kappa shape index (κ3) is 3.15. The molecule has 0 spiro atoms. The van der Waals surface area contributed by atoms with Gasteiger partial charge in [0.05, 0.1) is 14.2 Å². The fourth-order valence-electron chi connectivity index (χ4n) is 2.66. The highest BCUT2D eigenvalue weighted by Crippen LogP contribution is 2.28. The second kappa shape index (κ2) is 7.01. The molecule has 0 saturated carbocycles. The van der Waals surface area contributed by atoms with Crippen LogP contribution in [0.15, 0.2) is 66.7 Å². The van der Waals surface area contributed by atoms with Crippen LogP contribution in [-0.4, -0.2) is 20.0 Å². The molecule has 120 valence electrons. The number of rotatable bonds is 5. The van der Waals surface area contributed by atoms with Gasteiger partial charge in [0.2, 0.25) is 0 Å². The lowest BCUT2D eigenvalue weighted by molar-refractivity contribution is 0.104. The molecule has 0 aromatic heterocycles. The van der Waals surface area contributed by atoms with Crippen LogP contribution in [-0.2, 0) is 0 Å². The molecule has 3 aromatic carbocycles. The molecule has 0 bridgehead atoms. The van der Waals surface area contributed by atoms with Crippen molar-refractivity contribution in [1.82, 2.24) is 0 Å². The number of carbonyl (C=O) groups excluding carboxylic acids is 1. The Morgan fingerprint density at radius 3 is 2.42 bits per heavy atom. The lowest BCUT2D eigenvalue weighted by Gasteiger charge is -2.07. The summed E-state index contributed by atoms with van der Waals surface area (Å²) in [7, 11) is 3.18. The van der Waals surface area contributed by atoms with Gasteiger partial charge in [0, 0.05) is 5.56 Å². The number of fused-ring (bicyclic) bond motifs is 1. The summed E-state index contributed by atoms with van der Waals surface area (Å²) in [6, 6.07) is 19.2. The van der Waals surface area contributed by atoms with Gasteiger partial charge in [0.1, 0.15) is 0 Å². The molecular weight excluding hydrogens is 300 g/mol. The Bertz CT molecular complexity index is 905. The molecule has 0 unspecified atom stereocenters. The van der Waals surface area contributed by atoms with Crippen molar-refractivity contribution in [3.8, 4) is 11.5 Å². The molecule has 0 aliphatic carbocycles. The van der Waals surface area contributed by atoms with E-state index in [9.17, 15) is 4.79 Å². The number of allylic oxidation sites excluding steroid dienone is 1. The number of ether oxygens (including phenoxy) is 2. The maximum absolute atomic E-state index is 12.6. The summed E-state index contributed by atoms with van der Waals surface area (Å²) in [4.78, 5) is 12.6. The monoisotopic (exact) mass is 318 g/mol. The summed E-state index contributed by atoms with van der Waals surface area (Å²) in [5.41, 5.74) is 1.58. The summed E-state index contributed by atoms with van der Waals surface area (Å²) in [5, 5.41) is 2.02. The number of benzene rings is 3. The molecule has 0 atom stereocenters. The fourth-order valence-corrected chi connectivity index (χ4v) is 2.66. The van der Waals surface area contributed by atoms with Crippen molar-refractivity contribution >= 4 is 22.6 Å². The molecule has 0 amide bonds. The number of methoxy groups -OCH3 is 2. The highest BCUT2D eigenvalue weighted by Gasteiger charge is 2.07. The van der Waals surface area contributed by atoms with Crippen molar-refractivity contribution in [2.75, 3.05) is 14.2 Å². The molecule has 0 heterocycles. The van der Waals surface area contributed by atoms with Gasteiger partial charge in [-0.25, -0.2) is 0 Å². The summed E-state index contributed by atoms with van der Waals surface area (Å²) >= 11 is 0. The maximum Gasteiger partial charge on any atom is 0.186 e. The quantitative estimate of drug-likeness (QED) is 0.503. The first-order chi connectivity index (χ1) is 11.7. The van der Waals surface area contributed by atoms with Crippen molar-refractivity contribution in [1.29, 1.82) is 0 Å². The molecular formula is C21H18O3. The standard InChI is InChI=1S/C21H18O3/c1-23-20-13-11-15(14-21(20)24-2)10-12-19(22)18-9-5-7-16-6-3-4-8-17(16)18/h3-14H,1-2H3/b12-10+. The van der Waals surface area contributed by atoms with E-state index in [-0.39, 0.29) is 5.78 Å². The fraction of sp³-hybridized carbons (Fsp3) is 0.0952. The van der Waals surface area contributed by atoms with Crippen molar-refractivity contribution in [3.63, 3.8) is 0 Å². The SMILES string of the molecule is COc1ccc(/C=C/C(=O)c2cccc3ccccc23)cc1OC. The van der Waals surface area contributed by atoms with E-state index < -0.39 is 0 Å². The molecule has 0 aliphatic rings. The van der Waals surface area contributed by atoms with E-state index in [1.807, 2.05) is 60.7 Å². The summed E-state index contributed by atoms with van der Waals surface area (Å²) < 4.78 is 10.5. The third-order valence-corrected chi connectivity index (χ3v) is 3.89. The minimum Gasteiger partial charge on any atom is -0.493 e. The van der Waals surface area contributed by atoms with Crippen LogP contribution in [0.25, 0.3) is 16.8 Å². The minimum atomic E-state index is -0.0263. The molecule has 3 heteroatoms. The molecule has 0 N–H and O–H groups in total. The molecule has 0 fully saturated rings. The zero-order valence-electron chi connectivity index (χ0n) is 13.7. The van der Waals surface area contributed by atoms with Gasteiger partial charge in [-0.2, -0.15) is 0 Å². The van der Waals surface area contributed by atoms with E-state index >= 15 is 0 Å². The summed E-state index contributed by atoms with van der Waals surface area (Å²) in [5.74, 6) is 1.27. The highest BCUT2D eigenvalue weighted by atomic mass is 16.5. The maximum atomic E-state index is 12.6. The van der Waals surface area contributed by atoms with Crippen LogP contribution in [0.2, 0.25) is 0 Å². The van der Waals surface area contributed by atoms with Gasteiger partial charge in [-0.15, -0.1) is 0 Å². The van der Waals surface area contributed by atoms with E-state index in [0.717, 1.165) is 16.3 Å². The van der Waals surface area contributed by atoms with Gasteiger partial charge < -0.3 is 9.47 Å². The van der Waals surface area contributed by atoms with Gasteiger partial charge in [-0.1, -0.05) is 54.6 Å². The number of carbonyl (C=O) groups is 1. The predicted molar refractivity (Wildman–Crippen MR) is 96.9 cm³/mol. The molecule has 3 nitrogen and oxygen atoms in total. The summed E-state index contributed by atoms with van der Waals surface area (Å²) in [6.07, 6.45) is 3.37. The van der Waals surface area contributed by atoms with Crippen molar-refractivity contribution in [2.45, 2.75) is 0 Å². The molecule has 3 aromatic rings. The Labute approximate surface area is 141 Å². The second-order valence-corrected chi connectivity index (χ2v) is 5.34. The van der Waals surface area contributed by atoms with Crippen LogP contribution in [0.4, 0.5) is 0 Å². The first-order valence-corrected chi connectivity index (χ1v) is 7.65. The predicted octanol–water partition coefficient (Wildman–Crippen LogP) is 4.75. The first-order valence-electron chi connectivity index (χ1n) is 7.65. The van der Waals surface area contributed by atoms with E-state index in [1.165, 1.54) is 0 Å². The number of hydrogen-bond acceptors (Lipinski definition) is 3. The van der Waals surface area contributed by atoms with E-state index in [1.54, 1.807) is 26.4 Å². The smallest absolute Gasteiger partial charge is 0.186 e. The van der Waals surface area contributed by atoms with Gasteiger partial charge >= 0.3 is 0 Å². The zero-order chi connectivity index (χ0) is 16.9. The largest absolute Gasteiger partial charge is 0.493 e. The van der Waals surface area contributed by atoms with E-state index in [4.69, 9.17) is 9.47 Å². The lowest BCUT2D eigenvalue weighted by atomic mass is 10.0. The Kier molecular flexibility index (Phi) is 4.62. The first kappa shape index (κ1) is 15.8. The summed E-state index contributed by atoms with van der Waals surface area (Å²) in [6.45, 7) is 0. The van der Waals surface area contributed by atoms with Crippen molar-refractivity contribution in [2.24, 2.45) is 0 Å². The number of hydrogen-bond donors (Lipinski definition) is 0. The zero-order valence-corrected chi connectivity index (χ0v) is 13.7. The molecule has 0 saturated heterocycles. The molecule has 0 radical (unpaired) electrons. The van der Waals surface area contributed by atoms with Crippen LogP contribution < -0.4 is 9.47 Å².